The summed E-state index contributed by atoms with van der Waals surface area (Å²) in [5.41, 5.74) is 0. The van der Waals surface area contributed by atoms with E-state index in [9.17, 15) is 0 Å². The molecule has 124 valence electrons. The lowest BCUT2D eigenvalue weighted by molar-refractivity contribution is 0.272. The molecule has 19 heavy (non-hydrogen) atoms. The third kappa shape index (κ3) is 471. The first-order valence-corrected chi connectivity index (χ1v) is 8.61. The van der Waals surface area contributed by atoms with Gasteiger partial charge in [0, 0.05) is 0 Å². The summed E-state index contributed by atoms with van der Waals surface area (Å²) in [6.07, 6.45) is 5.54. The monoisotopic (exact) mass is 330 g/mol. The molecule has 0 spiro atoms. The zero-order chi connectivity index (χ0) is 15.8. The number of unbranched alkanes of at least 4 members (excludes halogenated alkanes) is 3. The molecular weight excluding hydrogens is 302 g/mol. The Labute approximate surface area is 114 Å². The van der Waals surface area contributed by atoms with Crippen LogP contribution in [0.3, 0.4) is 0 Å². The van der Waals surface area contributed by atoms with Crippen LogP contribution in [0.5, 0.6) is 0 Å². The summed E-state index contributed by atoms with van der Waals surface area (Å²) in [6.45, 7) is 8.46. The molecule has 0 fully saturated rings. The Morgan fingerprint density at radius 1 is 0.684 bits per heavy atom. The van der Waals surface area contributed by atoms with Gasteiger partial charge in [-0.05, 0) is 0 Å². The summed E-state index contributed by atoms with van der Waals surface area (Å²) < 4.78 is 17.8. The van der Waals surface area contributed by atoms with Crippen LogP contribution in [0.15, 0.2) is 0 Å². The van der Waals surface area contributed by atoms with Crippen LogP contribution in [-0.2, 0) is 9.13 Å². The standard InChI is InChI=1S/C6H14.C2H6.2H3O4P.H2O/c1-3-5-6-4-2;1-2;2*1-5(2,3)4;/h3-6H2,1-2H3;1-2H3;2*(H3,1,2,3,4);1H2. The van der Waals surface area contributed by atoms with Crippen molar-refractivity contribution >= 4 is 15.6 Å². The molecule has 0 saturated heterocycles. The lowest BCUT2D eigenvalue weighted by Crippen LogP contribution is -1.66. The maximum Gasteiger partial charge on any atom is 0.466 e. The van der Waals surface area contributed by atoms with E-state index in [-0.39, 0.29) is 5.48 Å². The van der Waals surface area contributed by atoms with Gasteiger partial charge >= 0.3 is 15.6 Å². The predicted molar refractivity (Wildman–Crippen MR) is 73.3 cm³/mol. The van der Waals surface area contributed by atoms with Gasteiger partial charge in [0.15, 0.2) is 0 Å². The van der Waals surface area contributed by atoms with Crippen LogP contribution >= 0.6 is 15.6 Å². The van der Waals surface area contributed by atoms with E-state index in [0.717, 1.165) is 0 Å². The summed E-state index contributed by atoms with van der Waals surface area (Å²) in [4.78, 5) is 43.1. The molecule has 0 unspecified atom stereocenters. The van der Waals surface area contributed by atoms with Crippen LogP contribution in [0, 0.1) is 0 Å². The van der Waals surface area contributed by atoms with Gasteiger partial charge in [-0.25, -0.2) is 9.13 Å². The first kappa shape index (κ1) is 31.5. The topological polar surface area (TPSA) is 187 Å². The van der Waals surface area contributed by atoms with Gasteiger partial charge in [-0.2, -0.15) is 0 Å². The van der Waals surface area contributed by atoms with Gasteiger partial charge in [-0.3, -0.25) is 0 Å². The van der Waals surface area contributed by atoms with E-state index in [0.29, 0.717) is 0 Å². The quantitative estimate of drug-likeness (QED) is 0.325. The smallest absolute Gasteiger partial charge is 0.412 e. The molecule has 0 bridgehead atoms. The molecule has 0 rings (SSSR count). The number of hydrogen-bond acceptors (Lipinski definition) is 2. The van der Waals surface area contributed by atoms with Crippen molar-refractivity contribution in [1.82, 2.24) is 0 Å². The molecule has 11 heteroatoms. The normalized spacial score (nSPS) is 9.37. The number of hydrogen-bond donors (Lipinski definition) is 6. The maximum absolute atomic E-state index is 8.88. The molecule has 0 saturated carbocycles. The second-order valence-electron chi connectivity index (χ2n) is 2.73. The molecule has 8 N–H and O–H groups in total. The predicted octanol–water partition coefficient (Wildman–Crippen LogP) is 0.931. The average Bonchev–Trinajstić information content (AvgIpc) is 2.12. The zero-order valence-corrected chi connectivity index (χ0v) is 13.5. The number of rotatable bonds is 3. The van der Waals surface area contributed by atoms with Crippen molar-refractivity contribution in [2.24, 2.45) is 0 Å². The van der Waals surface area contributed by atoms with Crippen molar-refractivity contribution in [3.8, 4) is 0 Å². The van der Waals surface area contributed by atoms with Gasteiger partial charge in [-0.1, -0.05) is 53.4 Å². The molecule has 0 atom stereocenters. The van der Waals surface area contributed by atoms with Crippen LogP contribution in [0.1, 0.15) is 53.4 Å². The van der Waals surface area contributed by atoms with Crippen molar-refractivity contribution in [3.05, 3.63) is 0 Å². The second kappa shape index (κ2) is 20.5. The SMILES string of the molecule is CC.CCCCCC.O.O=P(O)(O)O.O=P(O)(O)O. The van der Waals surface area contributed by atoms with Crippen LogP contribution in [0.25, 0.3) is 0 Å². The minimum Gasteiger partial charge on any atom is -0.412 e. The molecular formula is C8H28O9P2. The maximum atomic E-state index is 8.88. The molecule has 0 aliphatic heterocycles. The van der Waals surface area contributed by atoms with Crippen molar-refractivity contribution in [3.63, 3.8) is 0 Å². The van der Waals surface area contributed by atoms with E-state index in [1.165, 1.54) is 25.7 Å². The summed E-state index contributed by atoms with van der Waals surface area (Å²) in [6, 6.07) is 0. The molecule has 0 aromatic rings. The average molecular weight is 330 g/mol. The van der Waals surface area contributed by atoms with E-state index in [1.807, 2.05) is 13.8 Å². The first-order chi connectivity index (χ1) is 7.91. The highest BCUT2D eigenvalue weighted by molar-refractivity contribution is 7.45. The Balaban J connectivity index is -0.0000000474. The molecule has 0 aliphatic rings. The molecule has 0 amide bonds. The summed E-state index contributed by atoms with van der Waals surface area (Å²) in [5, 5.41) is 0. The van der Waals surface area contributed by atoms with E-state index in [1.54, 1.807) is 0 Å². The van der Waals surface area contributed by atoms with Crippen molar-refractivity contribution < 1.29 is 44.0 Å². The van der Waals surface area contributed by atoms with Gasteiger partial charge in [0.2, 0.25) is 0 Å². The van der Waals surface area contributed by atoms with E-state index in [4.69, 9.17) is 38.5 Å². The fourth-order valence-electron chi connectivity index (χ4n) is 0.500. The van der Waals surface area contributed by atoms with Gasteiger partial charge in [0.05, 0.1) is 0 Å². The zero-order valence-electron chi connectivity index (χ0n) is 11.7. The molecule has 0 aromatic carbocycles. The third-order valence-corrected chi connectivity index (χ3v) is 0.957. The highest BCUT2D eigenvalue weighted by Gasteiger charge is 2.00. The minimum absolute atomic E-state index is 0. The van der Waals surface area contributed by atoms with E-state index >= 15 is 0 Å². The molecule has 0 aliphatic carbocycles. The van der Waals surface area contributed by atoms with Crippen molar-refractivity contribution in [2.45, 2.75) is 53.4 Å². The number of phosphoric acid groups is 2. The van der Waals surface area contributed by atoms with Gasteiger partial charge in [0.1, 0.15) is 0 Å². The third-order valence-electron chi connectivity index (χ3n) is 0.957. The molecule has 0 heterocycles. The molecule has 9 nitrogen and oxygen atoms in total. The highest BCUT2D eigenvalue weighted by atomic mass is 31.2. The Kier molecular flexibility index (Phi) is 34.0. The van der Waals surface area contributed by atoms with E-state index in [2.05, 4.69) is 13.8 Å². The fraction of sp³-hybridized carbons (Fsp3) is 1.00. The van der Waals surface area contributed by atoms with Crippen molar-refractivity contribution in [1.29, 1.82) is 0 Å². The van der Waals surface area contributed by atoms with Crippen LogP contribution < -0.4 is 0 Å². The van der Waals surface area contributed by atoms with Gasteiger partial charge < -0.3 is 34.8 Å². The Morgan fingerprint density at radius 2 is 0.789 bits per heavy atom. The Morgan fingerprint density at radius 3 is 0.842 bits per heavy atom. The first-order valence-electron chi connectivity index (χ1n) is 5.48. The van der Waals surface area contributed by atoms with E-state index < -0.39 is 15.6 Å². The highest BCUT2D eigenvalue weighted by Crippen LogP contribution is 2.26. The second-order valence-corrected chi connectivity index (χ2v) is 4.79. The Hall–Kier alpha value is 0.180. The Bertz CT molecular complexity index is 182. The minimum atomic E-state index is -4.64. The lowest BCUT2D eigenvalue weighted by Gasteiger charge is -1.86. The largest absolute Gasteiger partial charge is 0.466 e. The van der Waals surface area contributed by atoms with Crippen LogP contribution in [0.4, 0.5) is 0 Å². The molecule has 0 radical (unpaired) electrons. The van der Waals surface area contributed by atoms with Crippen molar-refractivity contribution in [2.75, 3.05) is 0 Å². The summed E-state index contributed by atoms with van der Waals surface area (Å²) >= 11 is 0. The summed E-state index contributed by atoms with van der Waals surface area (Å²) in [5.74, 6) is 0. The van der Waals surface area contributed by atoms with Crippen LogP contribution in [-0.4, -0.2) is 34.8 Å². The molecule has 0 aromatic heterocycles. The van der Waals surface area contributed by atoms with Crippen LogP contribution in [0.2, 0.25) is 0 Å². The fourth-order valence-corrected chi connectivity index (χ4v) is 0.500. The van der Waals surface area contributed by atoms with Gasteiger partial charge in [0.25, 0.3) is 0 Å². The lowest BCUT2D eigenvalue weighted by atomic mass is 10.2. The summed E-state index contributed by atoms with van der Waals surface area (Å²) in [7, 11) is -9.28. The van der Waals surface area contributed by atoms with Gasteiger partial charge in [-0.15, -0.1) is 0 Å².